The van der Waals surface area contributed by atoms with Gasteiger partial charge in [0.25, 0.3) is 0 Å². The first-order valence-corrected chi connectivity index (χ1v) is 10.7. The van der Waals surface area contributed by atoms with E-state index in [1.807, 2.05) is 43.5 Å². The number of nitrogens with zero attached hydrogens (tertiary/aromatic N) is 1. The lowest BCUT2D eigenvalue weighted by molar-refractivity contribution is 0.269. The molecule has 0 fully saturated rings. The van der Waals surface area contributed by atoms with E-state index in [1.54, 1.807) is 18.3 Å². The Morgan fingerprint density at radius 1 is 1.00 bits per heavy atom. The van der Waals surface area contributed by atoms with Crippen molar-refractivity contribution in [1.29, 1.82) is 0 Å². The number of halogens is 3. The zero-order chi connectivity index (χ0) is 20.6. The first-order chi connectivity index (χ1) is 14.1. The number of hydrogen-bond acceptors (Lipinski definition) is 4. The van der Waals surface area contributed by atoms with Gasteiger partial charge in [-0.2, -0.15) is 0 Å². The minimum Gasteiger partial charge on any atom is -0.490 e. The van der Waals surface area contributed by atoms with Gasteiger partial charge in [0.2, 0.25) is 0 Å². The Morgan fingerprint density at radius 3 is 2.45 bits per heavy atom. The molecule has 0 bridgehead atoms. The lowest BCUT2D eigenvalue weighted by Crippen LogP contribution is -2.13. The zero-order valence-corrected chi connectivity index (χ0v) is 19.0. The van der Waals surface area contributed by atoms with Gasteiger partial charge in [-0.1, -0.05) is 51.3 Å². The second-order valence-corrected chi connectivity index (χ2v) is 7.95. The van der Waals surface area contributed by atoms with E-state index in [1.165, 1.54) is 0 Å². The van der Waals surface area contributed by atoms with Crippen LogP contribution in [0.2, 0.25) is 10.0 Å². The van der Waals surface area contributed by atoms with Crippen LogP contribution in [0.3, 0.4) is 0 Å². The molecule has 0 spiro atoms. The largest absolute Gasteiger partial charge is 0.490 e. The van der Waals surface area contributed by atoms with Crippen molar-refractivity contribution in [3.8, 4) is 11.5 Å². The van der Waals surface area contributed by atoms with E-state index in [0.717, 1.165) is 27.7 Å². The summed E-state index contributed by atoms with van der Waals surface area (Å²) >= 11 is 16.1. The third kappa shape index (κ3) is 6.09. The van der Waals surface area contributed by atoms with Gasteiger partial charge in [0.15, 0.2) is 11.5 Å². The number of pyridine rings is 1. The summed E-state index contributed by atoms with van der Waals surface area (Å²) < 4.78 is 12.7. The number of nitrogens with one attached hydrogen (secondary N) is 1. The molecular weight excluding hydrogens is 475 g/mol. The van der Waals surface area contributed by atoms with Gasteiger partial charge in [0.1, 0.15) is 6.61 Å². The summed E-state index contributed by atoms with van der Waals surface area (Å²) in [7, 11) is 0. The molecule has 0 aliphatic carbocycles. The van der Waals surface area contributed by atoms with Gasteiger partial charge in [-0.3, -0.25) is 4.98 Å². The summed E-state index contributed by atoms with van der Waals surface area (Å²) in [5.41, 5.74) is 2.95. The highest BCUT2D eigenvalue weighted by molar-refractivity contribution is 9.10. The Balaban J connectivity index is 1.71. The third-order valence-corrected chi connectivity index (χ3v) is 5.66. The van der Waals surface area contributed by atoms with Crippen molar-refractivity contribution in [2.75, 3.05) is 6.61 Å². The van der Waals surface area contributed by atoms with Gasteiger partial charge in [-0.25, -0.2) is 0 Å². The van der Waals surface area contributed by atoms with Crippen LogP contribution in [-0.2, 0) is 19.7 Å². The molecule has 7 heteroatoms. The summed E-state index contributed by atoms with van der Waals surface area (Å²) in [5, 5.41) is 4.57. The fraction of sp³-hybridized carbons (Fsp3) is 0.227. The molecule has 0 radical (unpaired) electrons. The monoisotopic (exact) mass is 494 g/mol. The lowest BCUT2D eigenvalue weighted by atomic mass is 10.2. The molecule has 1 N–H and O–H groups in total. The number of hydrogen-bond donors (Lipinski definition) is 1. The normalized spacial score (nSPS) is 10.8. The van der Waals surface area contributed by atoms with E-state index in [0.29, 0.717) is 34.7 Å². The fourth-order valence-corrected chi connectivity index (χ4v) is 3.73. The van der Waals surface area contributed by atoms with Gasteiger partial charge in [0, 0.05) is 45.6 Å². The van der Waals surface area contributed by atoms with Gasteiger partial charge >= 0.3 is 0 Å². The third-order valence-electron chi connectivity index (χ3n) is 4.21. The van der Waals surface area contributed by atoms with Crippen LogP contribution in [0.15, 0.2) is 59.3 Å². The maximum absolute atomic E-state index is 6.24. The van der Waals surface area contributed by atoms with Gasteiger partial charge in [-0.15, -0.1) is 0 Å². The van der Waals surface area contributed by atoms with Crippen LogP contribution in [0.4, 0.5) is 0 Å². The highest BCUT2D eigenvalue weighted by atomic mass is 79.9. The number of benzene rings is 2. The minimum absolute atomic E-state index is 0.254. The van der Waals surface area contributed by atoms with E-state index in [9.17, 15) is 0 Å². The molecule has 29 heavy (non-hydrogen) atoms. The average molecular weight is 496 g/mol. The van der Waals surface area contributed by atoms with Crippen LogP contribution in [0.5, 0.6) is 11.5 Å². The fourth-order valence-electron chi connectivity index (χ4n) is 2.76. The molecule has 0 saturated carbocycles. The first kappa shape index (κ1) is 21.9. The van der Waals surface area contributed by atoms with E-state index in [4.69, 9.17) is 32.7 Å². The summed E-state index contributed by atoms with van der Waals surface area (Å²) in [5.74, 6) is 1.31. The topological polar surface area (TPSA) is 43.4 Å². The molecule has 4 nitrogen and oxygen atoms in total. The van der Waals surface area contributed by atoms with Crippen molar-refractivity contribution < 1.29 is 9.47 Å². The van der Waals surface area contributed by atoms with Gasteiger partial charge < -0.3 is 14.8 Å². The SMILES string of the molecule is CCOc1cc(CNCc2cccnc2)c(Br)cc1OCc1c(Cl)cccc1Cl. The second kappa shape index (κ2) is 10.8. The quantitative estimate of drug-likeness (QED) is 0.372. The molecule has 0 aliphatic rings. The molecule has 0 aliphatic heterocycles. The molecule has 0 amide bonds. The van der Waals surface area contributed by atoms with E-state index < -0.39 is 0 Å². The standard InChI is InChI=1S/C22H21BrCl2N2O2/c1-2-28-21-9-16(13-27-12-15-5-4-8-26-11-15)18(23)10-22(21)29-14-17-19(24)6-3-7-20(17)25/h3-11,27H,2,12-14H2,1H3. The summed E-state index contributed by atoms with van der Waals surface area (Å²) in [6.45, 7) is 4.13. The van der Waals surface area contributed by atoms with Crippen molar-refractivity contribution in [2.45, 2.75) is 26.6 Å². The average Bonchev–Trinajstić information content (AvgIpc) is 2.71. The Hall–Kier alpha value is -1.79. The van der Waals surface area contributed by atoms with Crippen LogP contribution in [-0.4, -0.2) is 11.6 Å². The van der Waals surface area contributed by atoms with Gasteiger partial charge in [0.05, 0.1) is 6.61 Å². The van der Waals surface area contributed by atoms with Crippen LogP contribution in [0.1, 0.15) is 23.6 Å². The second-order valence-electron chi connectivity index (χ2n) is 6.28. The number of ether oxygens (including phenoxy) is 2. The molecule has 2 aromatic carbocycles. The van der Waals surface area contributed by atoms with Crippen molar-refractivity contribution in [1.82, 2.24) is 10.3 Å². The number of aromatic nitrogens is 1. The Morgan fingerprint density at radius 2 is 1.76 bits per heavy atom. The maximum atomic E-state index is 6.24. The van der Waals surface area contributed by atoms with Crippen LogP contribution in [0.25, 0.3) is 0 Å². The predicted molar refractivity (Wildman–Crippen MR) is 121 cm³/mol. The van der Waals surface area contributed by atoms with Crippen molar-refractivity contribution >= 4 is 39.1 Å². The zero-order valence-electron chi connectivity index (χ0n) is 15.9. The van der Waals surface area contributed by atoms with Crippen LogP contribution < -0.4 is 14.8 Å². The van der Waals surface area contributed by atoms with Crippen LogP contribution in [0, 0.1) is 0 Å². The molecule has 3 rings (SSSR count). The van der Waals surface area contributed by atoms with Crippen molar-refractivity contribution in [3.05, 3.63) is 86.1 Å². The van der Waals surface area contributed by atoms with Crippen molar-refractivity contribution in [2.24, 2.45) is 0 Å². The molecule has 152 valence electrons. The van der Waals surface area contributed by atoms with E-state index in [2.05, 4.69) is 26.2 Å². The molecule has 0 atom stereocenters. The molecule has 1 heterocycles. The van der Waals surface area contributed by atoms with Crippen molar-refractivity contribution in [3.63, 3.8) is 0 Å². The summed E-state index contributed by atoms with van der Waals surface area (Å²) in [6.07, 6.45) is 3.62. The smallest absolute Gasteiger partial charge is 0.162 e. The number of rotatable bonds is 9. The van der Waals surface area contributed by atoms with Gasteiger partial charge in [-0.05, 0) is 48.4 Å². The van der Waals surface area contributed by atoms with E-state index >= 15 is 0 Å². The highest BCUT2D eigenvalue weighted by Crippen LogP contribution is 2.35. The Labute approximate surface area is 189 Å². The lowest BCUT2D eigenvalue weighted by Gasteiger charge is -2.16. The maximum Gasteiger partial charge on any atom is 0.162 e. The summed E-state index contributed by atoms with van der Waals surface area (Å²) in [4.78, 5) is 4.13. The molecule has 3 aromatic rings. The molecule has 0 unspecified atom stereocenters. The minimum atomic E-state index is 0.254. The van der Waals surface area contributed by atoms with Crippen LogP contribution >= 0.6 is 39.1 Å². The Kier molecular flexibility index (Phi) is 8.19. The summed E-state index contributed by atoms with van der Waals surface area (Å²) in [6, 6.07) is 13.3. The highest BCUT2D eigenvalue weighted by Gasteiger charge is 2.13. The first-order valence-electron chi connectivity index (χ1n) is 9.19. The van der Waals surface area contributed by atoms with E-state index in [-0.39, 0.29) is 6.61 Å². The molecular formula is C22H21BrCl2N2O2. The molecule has 0 saturated heterocycles. The Bertz CT molecular complexity index is 935. The molecule has 1 aromatic heterocycles. The predicted octanol–water partition coefficient (Wildman–Crippen LogP) is 6.42.